The van der Waals surface area contributed by atoms with E-state index in [0.29, 0.717) is 18.6 Å². The van der Waals surface area contributed by atoms with Gasteiger partial charge < -0.3 is 14.2 Å². The zero-order valence-electron chi connectivity index (χ0n) is 7.97. The maximum absolute atomic E-state index is 5.47. The van der Waals surface area contributed by atoms with Crippen molar-refractivity contribution in [3.63, 3.8) is 0 Å². The van der Waals surface area contributed by atoms with Gasteiger partial charge in [-0.05, 0) is 6.42 Å². The van der Waals surface area contributed by atoms with E-state index in [0.717, 1.165) is 26.2 Å². The number of methoxy groups -OCH3 is 1. The monoisotopic (exact) mass is 174 g/mol. The minimum atomic E-state index is 0.313. The van der Waals surface area contributed by atoms with E-state index in [4.69, 9.17) is 14.2 Å². The van der Waals surface area contributed by atoms with Crippen molar-refractivity contribution in [2.24, 2.45) is 5.41 Å². The molecule has 72 valence electrons. The minimum Gasteiger partial charge on any atom is -0.382 e. The van der Waals surface area contributed by atoms with Gasteiger partial charge in [0.25, 0.3) is 0 Å². The van der Waals surface area contributed by atoms with Crippen LogP contribution in [0.4, 0.5) is 0 Å². The van der Waals surface area contributed by atoms with E-state index in [9.17, 15) is 0 Å². The average molecular weight is 174 g/mol. The standard InChI is InChI=1S/C9H18O3/c1-3-9(7-12-8-9)6-11-5-4-10-2/h3-8H2,1-2H3. The van der Waals surface area contributed by atoms with Gasteiger partial charge in [0.15, 0.2) is 0 Å². The molecule has 3 nitrogen and oxygen atoms in total. The summed E-state index contributed by atoms with van der Waals surface area (Å²) in [6.45, 7) is 6.08. The van der Waals surface area contributed by atoms with Crippen LogP contribution in [0.15, 0.2) is 0 Å². The fourth-order valence-electron chi connectivity index (χ4n) is 1.21. The van der Waals surface area contributed by atoms with Crippen LogP contribution >= 0.6 is 0 Å². The molecular formula is C9H18O3. The number of hydrogen-bond acceptors (Lipinski definition) is 3. The molecule has 0 spiro atoms. The van der Waals surface area contributed by atoms with Gasteiger partial charge in [0.2, 0.25) is 0 Å². The Hall–Kier alpha value is -0.120. The molecule has 0 radical (unpaired) electrons. The molecule has 1 saturated heterocycles. The summed E-state index contributed by atoms with van der Waals surface area (Å²) in [7, 11) is 1.69. The van der Waals surface area contributed by atoms with Crippen LogP contribution in [0.1, 0.15) is 13.3 Å². The normalized spacial score (nSPS) is 20.5. The molecule has 1 aliphatic rings. The Balaban J connectivity index is 2.04. The molecule has 0 aliphatic carbocycles. The molecule has 3 heteroatoms. The lowest BCUT2D eigenvalue weighted by Gasteiger charge is -2.40. The van der Waals surface area contributed by atoms with E-state index in [1.54, 1.807) is 7.11 Å². The van der Waals surface area contributed by atoms with E-state index >= 15 is 0 Å². The van der Waals surface area contributed by atoms with Gasteiger partial charge in [0, 0.05) is 12.5 Å². The molecule has 0 bridgehead atoms. The fourth-order valence-corrected chi connectivity index (χ4v) is 1.21. The first kappa shape index (κ1) is 9.96. The fraction of sp³-hybridized carbons (Fsp3) is 1.00. The third kappa shape index (κ3) is 2.44. The van der Waals surface area contributed by atoms with Crippen molar-refractivity contribution in [1.82, 2.24) is 0 Å². The Bertz CT molecular complexity index is 115. The third-order valence-corrected chi connectivity index (χ3v) is 2.41. The molecule has 0 aromatic heterocycles. The lowest BCUT2D eigenvalue weighted by Crippen LogP contribution is -2.45. The Kier molecular flexibility index (Phi) is 3.98. The first-order valence-electron chi connectivity index (χ1n) is 4.47. The van der Waals surface area contributed by atoms with Crippen LogP contribution in [0.25, 0.3) is 0 Å². The molecule has 1 heterocycles. The van der Waals surface area contributed by atoms with Crippen molar-refractivity contribution < 1.29 is 14.2 Å². The highest BCUT2D eigenvalue weighted by molar-refractivity contribution is 4.83. The molecule has 12 heavy (non-hydrogen) atoms. The van der Waals surface area contributed by atoms with E-state index < -0.39 is 0 Å². The summed E-state index contributed by atoms with van der Waals surface area (Å²) in [6, 6.07) is 0. The van der Waals surface area contributed by atoms with Crippen LogP contribution in [-0.4, -0.2) is 40.1 Å². The summed E-state index contributed by atoms with van der Waals surface area (Å²) in [5.41, 5.74) is 0.313. The molecule has 1 rings (SSSR count). The highest BCUT2D eigenvalue weighted by Gasteiger charge is 2.36. The van der Waals surface area contributed by atoms with Gasteiger partial charge in [-0.25, -0.2) is 0 Å². The van der Waals surface area contributed by atoms with Crippen molar-refractivity contribution >= 4 is 0 Å². The number of hydrogen-bond donors (Lipinski definition) is 0. The SMILES string of the molecule is CCC1(COCCOC)COC1. The second-order valence-corrected chi connectivity index (χ2v) is 3.39. The van der Waals surface area contributed by atoms with Crippen molar-refractivity contribution in [1.29, 1.82) is 0 Å². The first-order valence-corrected chi connectivity index (χ1v) is 4.47. The summed E-state index contributed by atoms with van der Waals surface area (Å²) in [5.74, 6) is 0. The third-order valence-electron chi connectivity index (χ3n) is 2.41. The van der Waals surface area contributed by atoms with Gasteiger partial charge >= 0.3 is 0 Å². The van der Waals surface area contributed by atoms with Gasteiger partial charge in [0.1, 0.15) is 0 Å². The zero-order chi connectivity index (χ0) is 8.86. The van der Waals surface area contributed by atoms with Crippen LogP contribution < -0.4 is 0 Å². The summed E-state index contributed by atoms with van der Waals surface area (Å²) in [6.07, 6.45) is 1.14. The summed E-state index contributed by atoms with van der Waals surface area (Å²) < 4.78 is 15.5. The van der Waals surface area contributed by atoms with Gasteiger partial charge in [0.05, 0.1) is 33.0 Å². The smallest absolute Gasteiger partial charge is 0.0700 e. The van der Waals surface area contributed by atoms with Crippen molar-refractivity contribution in [2.45, 2.75) is 13.3 Å². The summed E-state index contributed by atoms with van der Waals surface area (Å²) in [5, 5.41) is 0. The Morgan fingerprint density at radius 3 is 2.50 bits per heavy atom. The molecule has 0 aromatic rings. The van der Waals surface area contributed by atoms with Crippen LogP contribution in [-0.2, 0) is 14.2 Å². The number of rotatable bonds is 6. The predicted molar refractivity (Wildman–Crippen MR) is 46.2 cm³/mol. The van der Waals surface area contributed by atoms with Gasteiger partial charge in [-0.15, -0.1) is 0 Å². The van der Waals surface area contributed by atoms with Crippen LogP contribution in [0.5, 0.6) is 0 Å². The van der Waals surface area contributed by atoms with E-state index in [1.165, 1.54) is 0 Å². The maximum atomic E-state index is 5.47. The molecule has 1 fully saturated rings. The van der Waals surface area contributed by atoms with Crippen LogP contribution in [0.3, 0.4) is 0 Å². The lowest BCUT2D eigenvalue weighted by molar-refractivity contribution is -0.152. The molecule has 0 amide bonds. The van der Waals surface area contributed by atoms with Crippen molar-refractivity contribution in [3.05, 3.63) is 0 Å². The van der Waals surface area contributed by atoms with Crippen molar-refractivity contribution in [2.75, 3.05) is 40.1 Å². The second kappa shape index (κ2) is 4.80. The van der Waals surface area contributed by atoms with E-state index in [1.807, 2.05) is 0 Å². The predicted octanol–water partition coefficient (Wildman–Crippen LogP) is 1.08. The van der Waals surface area contributed by atoms with Crippen LogP contribution in [0, 0.1) is 5.41 Å². The Labute approximate surface area is 74.0 Å². The lowest BCUT2D eigenvalue weighted by atomic mass is 9.84. The highest BCUT2D eigenvalue weighted by Crippen LogP contribution is 2.31. The molecule has 1 aliphatic heterocycles. The van der Waals surface area contributed by atoms with Gasteiger partial charge in [-0.3, -0.25) is 0 Å². The van der Waals surface area contributed by atoms with Crippen LogP contribution in [0.2, 0.25) is 0 Å². The highest BCUT2D eigenvalue weighted by atomic mass is 16.5. The minimum absolute atomic E-state index is 0.313. The van der Waals surface area contributed by atoms with E-state index in [-0.39, 0.29) is 0 Å². The Morgan fingerprint density at radius 2 is 2.08 bits per heavy atom. The Morgan fingerprint density at radius 1 is 1.33 bits per heavy atom. The average Bonchev–Trinajstić information content (AvgIpc) is 2.02. The van der Waals surface area contributed by atoms with Crippen molar-refractivity contribution in [3.8, 4) is 0 Å². The van der Waals surface area contributed by atoms with E-state index in [2.05, 4.69) is 6.92 Å². The largest absolute Gasteiger partial charge is 0.382 e. The second-order valence-electron chi connectivity index (χ2n) is 3.39. The molecule has 0 atom stereocenters. The summed E-state index contributed by atoms with van der Waals surface area (Å²) in [4.78, 5) is 0. The quantitative estimate of drug-likeness (QED) is 0.564. The van der Waals surface area contributed by atoms with Gasteiger partial charge in [-0.1, -0.05) is 6.92 Å². The topological polar surface area (TPSA) is 27.7 Å². The maximum Gasteiger partial charge on any atom is 0.0700 e. The first-order chi connectivity index (χ1) is 5.83. The molecule has 0 saturated carbocycles. The summed E-state index contributed by atoms with van der Waals surface area (Å²) >= 11 is 0. The molecular weight excluding hydrogens is 156 g/mol. The molecule has 0 unspecified atom stereocenters. The number of ether oxygens (including phenoxy) is 3. The molecule has 0 N–H and O–H groups in total. The zero-order valence-corrected chi connectivity index (χ0v) is 7.97. The molecule has 0 aromatic carbocycles. The van der Waals surface area contributed by atoms with Gasteiger partial charge in [-0.2, -0.15) is 0 Å².